The number of benzene rings is 1. The first kappa shape index (κ1) is 11.7. The number of nitrogens with one attached hydrogen (secondary N) is 1. The van der Waals surface area contributed by atoms with Gasteiger partial charge in [0.05, 0.1) is 22.9 Å². The molecule has 4 nitrogen and oxygen atoms in total. The fraction of sp³-hybridized carbons (Fsp3) is 0.167. The molecule has 1 heterocycles. The molecule has 2 aromatic rings. The standard InChI is InChI=1S/C12H13ClN4/c1-8-15-5-4-10(17-8)7-16-12-3-2-9(14)6-11(12)13/h2-6,16H,7,14H2,1H3. The van der Waals surface area contributed by atoms with Gasteiger partial charge in [-0.1, -0.05) is 11.6 Å². The second-order valence-electron chi connectivity index (χ2n) is 3.69. The van der Waals surface area contributed by atoms with Crippen LogP contribution in [0.1, 0.15) is 11.5 Å². The summed E-state index contributed by atoms with van der Waals surface area (Å²) < 4.78 is 0. The van der Waals surface area contributed by atoms with Crippen molar-refractivity contribution in [1.29, 1.82) is 0 Å². The molecule has 0 aliphatic heterocycles. The number of nitrogens with zero attached hydrogens (tertiary/aromatic N) is 2. The fourth-order valence-electron chi connectivity index (χ4n) is 1.46. The molecule has 17 heavy (non-hydrogen) atoms. The normalized spacial score (nSPS) is 10.2. The zero-order valence-electron chi connectivity index (χ0n) is 9.44. The first-order chi connectivity index (χ1) is 8.15. The van der Waals surface area contributed by atoms with Gasteiger partial charge in [-0.2, -0.15) is 0 Å². The van der Waals surface area contributed by atoms with Crippen LogP contribution < -0.4 is 11.1 Å². The van der Waals surface area contributed by atoms with Gasteiger partial charge in [-0.05, 0) is 31.2 Å². The lowest BCUT2D eigenvalue weighted by Gasteiger charge is -2.08. The number of aryl methyl sites for hydroxylation is 1. The summed E-state index contributed by atoms with van der Waals surface area (Å²) in [5.74, 6) is 0.757. The molecule has 0 saturated carbocycles. The minimum Gasteiger partial charge on any atom is -0.399 e. The molecule has 0 atom stereocenters. The lowest BCUT2D eigenvalue weighted by molar-refractivity contribution is 0.955. The Labute approximate surface area is 105 Å². The van der Waals surface area contributed by atoms with E-state index in [9.17, 15) is 0 Å². The first-order valence-electron chi connectivity index (χ1n) is 5.22. The Bertz CT molecular complexity index is 528. The van der Waals surface area contributed by atoms with E-state index in [1.165, 1.54) is 0 Å². The zero-order chi connectivity index (χ0) is 12.3. The quantitative estimate of drug-likeness (QED) is 0.820. The highest BCUT2D eigenvalue weighted by Gasteiger charge is 2.01. The van der Waals surface area contributed by atoms with Crippen molar-refractivity contribution in [2.75, 3.05) is 11.1 Å². The van der Waals surface area contributed by atoms with E-state index in [1.807, 2.05) is 19.1 Å². The van der Waals surface area contributed by atoms with Gasteiger partial charge >= 0.3 is 0 Å². The highest BCUT2D eigenvalue weighted by Crippen LogP contribution is 2.24. The topological polar surface area (TPSA) is 63.8 Å². The number of hydrogen-bond acceptors (Lipinski definition) is 4. The molecule has 2 rings (SSSR count). The summed E-state index contributed by atoms with van der Waals surface area (Å²) in [4.78, 5) is 8.34. The minimum atomic E-state index is 0.604. The van der Waals surface area contributed by atoms with Crippen LogP contribution in [0.5, 0.6) is 0 Å². The van der Waals surface area contributed by atoms with Crippen LogP contribution in [0.3, 0.4) is 0 Å². The average molecular weight is 249 g/mol. The van der Waals surface area contributed by atoms with E-state index in [1.54, 1.807) is 18.3 Å². The molecule has 3 N–H and O–H groups in total. The SMILES string of the molecule is Cc1nccc(CNc2ccc(N)cc2Cl)n1. The maximum Gasteiger partial charge on any atom is 0.125 e. The lowest BCUT2D eigenvalue weighted by Crippen LogP contribution is -2.03. The minimum absolute atomic E-state index is 0.604. The highest BCUT2D eigenvalue weighted by molar-refractivity contribution is 6.33. The molecule has 0 fully saturated rings. The monoisotopic (exact) mass is 248 g/mol. The number of aromatic nitrogens is 2. The predicted molar refractivity (Wildman–Crippen MR) is 70.0 cm³/mol. The lowest BCUT2D eigenvalue weighted by atomic mass is 10.2. The van der Waals surface area contributed by atoms with E-state index in [2.05, 4.69) is 15.3 Å². The second kappa shape index (κ2) is 5.01. The van der Waals surface area contributed by atoms with Crippen molar-refractivity contribution >= 4 is 23.0 Å². The molecular formula is C12H13ClN4. The van der Waals surface area contributed by atoms with E-state index in [4.69, 9.17) is 17.3 Å². The molecule has 0 spiro atoms. The largest absolute Gasteiger partial charge is 0.399 e. The molecule has 0 aliphatic rings. The summed E-state index contributed by atoms with van der Waals surface area (Å²) in [6.45, 7) is 2.46. The maximum absolute atomic E-state index is 6.05. The summed E-state index contributed by atoms with van der Waals surface area (Å²) in [6, 6.07) is 7.24. The third-order valence-electron chi connectivity index (χ3n) is 2.29. The molecule has 0 radical (unpaired) electrons. The van der Waals surface area contributed by atoms with Gasteiger partial charge in [0.1, 0.15) is 5.82 Å². The smallest absolute Gasteiger partial charge is 0.125 e. The van der Waals surface area contributed by atoms with Crippen molar-refractivity contribution in [3.8, 4) is 0 Å². The summed E-state index contributed by atoms with van der Waals surface area (Å²) in [5.41, 5.74) is 8.04. The Hall–Kier alpha value is -1.81. The highest BCUT2D eigenvalue weighted by atomic mass is 35.5. The third kappa shape index (κ3) is 3.07. The van der Waals surface area contributed by atoms with Crippen LogP contribution in [0.15, 0.2) is 30.5 Å². The molecule has 0 amide bonds. The predicted octanol–water partition coefficient (Wildman–Crippen LogP) is 2.63. The molecule has 0 bridgehead atoms. The molecule has 0 aliphatic carbocycles. The molecule has 88 valence electrons. The van der Waals surface area contributed by atoms with Crippen molar-refractivity contribution in [3.05, 3.63) is 47.0 Å². The van der Waals surface area contributed by atoms with Crippen molar-refractivity contribution in [2.24, 2.45) is 0 Å². The number of halogens is 1. The summed E-state index contributed by atoms with van der Waals surface area (Å²) >= 11 is 6.05. The summed E-state index contributed by atoms with van der Waals surface area (Å²) in [7, 11) is 0. The van der Waals surface area contributed by atoms with Gasteiger partial charge in [0.2, 0.25) is 0 Å². The average Bonchev–Trinajstić information content (AvgIpc) is 2.28. The van der Waals surface area contributed by atoms with Gasteiger partial charge in [-0.25, -0.2) is 9.97 Å². The van der Waals surface area contributed by atoms with Crippen LogP contribution >= 0.6 is 11.6 Å². The van der Waals surface area contributed by atoms with E-state index >= 15 is 0 Å². The van der Waals surface area contributed by atoms with E-state index in [-0.39, 0.29) is 0 Å². The second-order valence-corrected chi connectivity index (χ2v) is 4.10. The van der Waals surface area contributed by atoms with Gasteiger partial charge < -0.3 is 11.1 Å². The first-order valence-corrected chi connectivity index (χ1v) is 5.60. The summed E-state index contributed by atoms with van der Waals surface area (Å²) in [6.07, 6.45) is 1.74. The van der Waals surface area contributed by atoms with Gasteiger partial charge in [-0.3, -0.25) is 0 Å². The van der Waals surface area contributed by atoms with E-state index in [0.717, 1.165) is 17.2 Å². The number of nitrogen functional groups attached to an aromatic ring is 1. The van der Waals surface area contributed by atoms with Crippen LogP contribution in [0.4, 0.5) is 11.4 Å². The molecule has 5 heteroatoms. The van der Waals surface area contributed by atoms with Crippen molar-refractivity contribution in [3.63, 3.8) is 0 Å². The zero-order valence-corrected chi connectivity index (χ0v) is 10.2. The van der Waals surface area contributed by atoms with Crippen molar-refractivity contribution in [2.45, 2.75) is 13.5 Å². The molecule has 1 aromatic carbocycles. The van der Waals surface area contributed by atoms with Crippen LogP contribution in [0, 0.1) is 6.92 Å². The van der Waals surface area contributed by atoms with Crippen LogP contribution in [-0.4, -0.2) is 9.97 Å². The van der Waals surface area contributed by atoms with Crippen molar-refractivity contribution < 1.29 is 0 Å². The van der Waals surface area contributed by atoms with Crippen molar-refractivity contribution in [1.82, 2.24) is 9.97 Å². The van der Waals surface area contributed by atoms with Gasteiger partial charge in [0, 0.05) is 11.9 Å². The molecular weight excluding hydrogens is 236 g/mol. The van der Waals surface area contributed by atoms with E-state index < -0.39 is 0 Å². The third-order valence-corrected chi connectivity index (χ3v) is 2.60. The van der Waals surface area contributed by atoms with E-state index in [0.29, 0.717) is 17.3 Å². The summed E-state index contributed by atoms with van der Waals surface area (Å²) in [5, 5.41) is 3.81. The number of nitrogens with two attached hydrogens (primary N) is 1. The Balaban J connectivity index is 2.07. The molecule has 0 unspecified atom stereocenters. The maximum atomic E-state index is 6.05. The van der Waals surface area contributed by atoms with Crippen LogP contribution in [0.2, 0.25) is 5.02 Å². The Morgan fingerprint density at radius 1 is 1.35 bits per heavy atom. The van der Waals surface area contributed by atoms with Gasteiger partial charge in [-0.15, -0.1) is 0 Å². The van der Waals surface area contributed by atoms with Crippen LogP contribution in [-0.2, 0) is 6.54 Å². The Morgan fingerprint density at radius 2 is 2.18 bits per heavy atom. The van der Waals surface area contributed by atoms with Gasteiger partial charge in [0.25, 0.3) is 0 Å². The number of hydrogen-bond donors (Lipinski definition) is 2. The number of rotatable bonds is 3. The molecule has 0 saturated heterocycles. The fourth-order valence-corrected chi connectivity index (χ4v) is 1.72. The van der Waals surface area contributed by atoms with Crippen LogP contribution in [0.25, 0.3) is 0 Å². The molecule has 1 aromatic heterocycles. The Morgan fingerprint density at radius 3 is 2.88 bits per heavy atom. The van der Waals surface area contributed by atoms with Gasteiger partial charge in [0.15, 0.2) is 0 Å². The number of anilines is 2. The Kier molecular flexibility index (Phi) is 3.44.